The lowest BCUT2D eigenvalue weighted by Gasteiger charge is -2.16. The molecule has 10 nitrogen and oxygen atoms in total. The number of nitrogens with zero attached hydrogens (tertiary/aromatic N) is 2. The quantitative estimate of drug-likeness (QED) is 0.305. The lowest BCUT2D eigenvalue weighted by Crippen LogP contribution is -2.35. The number of nitrogens with two attached hydrogens (primary N) is 2. The molecule has 0 spiro atoms. The van der Waals surface area contributed by atoms with E-state index < -0.39 is 17.9 Å². The van der Waals surface area contributed by atoms with Crippen molar-refractivity contribution < 1.29 is 9.59 Å². The molecule has 0 bridgehead atoms. The number of amides is 2. The van der Waals surface area contributed by atoms with Gasteiger partial charge in [-0.25, -0.2) is 9.97 Å². The van der Waals surface area contributed by atoms with Crippen molar-refractivity contribution in [2.45, 2.75) is 32.2 Å². The Morgan fingerprint density at radius 3 is 2.69 bits per heavy atom. The fourth-order valence-corrected chi connectivity index (χ4v) is 2.19. The molecule has 1 atom stereocenters. The van der Waals surface area contributed by atoms with Crippen molar-refractivity contribution in [3.63, 3.8) is 0 Å². The third-order valence-corrected chi connectivity index (χ3v) is 3.86. The van der Waals surface area contributed by atoms with Gasteiger partial charge in [0.05, 0.1) is 11.9 Å². The highest BCUT2D eigenvalue weighted by Crippen LogP contribution is 2.27. The Hall–Kier alpha value is -3.17. The Morgan fingerprint density at radius 1 is 1.42 bits per heavy atom. The Labute approximate surface area is 151 Å². The summed E-state index contributed by atoms with van der Waals surface area (Å²) in [4.78, 5) is 31.2. The van der Waals surface area contributed by atoms with Gasteiger partial charge in [-0.1, -0.05) is 6.92 Å². The number of rotatable bonds is 11. The summed E-state index contributed by atoms with van der Waals surface area (Å²) in [7, 11) is 0. The third kappa shape index (κ3) is 5.43. The number of anilines is 2. The van der Waals surface area contributed by atoms with Gasteiger partial charge in [-0.3, -0.25) is 9.59 Å². The van der Waals surface area contributed by atoms with Gasteiger partial charge in [0.15, 0.2) is 11.5 Å². The summed E-state index contributed by atoms with van der Waals surface area (Å²) >= 11 is 0. The van der Waals surface area contributed by atoms with Crippen molar-refractivity contribution >= 4 is 29.7 Å². The summed E-state index contributed by atoms with van der Waals surface area (Å²) in [6.07, 6.45) is 6.90. The van der Waals surface area contributed by atoms with Gasteiger partial charge in [0.1, 0.15) is 11.9 Å². The molecule has 1 fully saturated rings. The van der Waals surface area contributed by atoms with E-state index in [-0.39, 0.29) is 17.3 Å². The van der Waals surface area contributed by atoms with Crippen LogP contribution < -0.4 is 27.4 Å². The molecule has 1 heterocycles. The molecule has 0 aliphatic heterocycles. The largest absolute Gasteiger partial charge is 0.389 e. The zero-order valence-corrected chi connectivity index (χ0v) is 14.6. The first-order valence-corrected chi connectivity index (χ1v) is 8.38. The summed E-state index contributed by atoms with van der Waals surface area (Å²) < 4.78 is 0. The van der Waals surface area contributed by atoms with Crippen molar-refractivity contribution in [2.75, 3.05) is 17.2 Å². The highest BCUT2D eigenvalue weighted by atomic mass is 16.1. The molecule has 1 aromatic rings. The number of hydrogen-bond acceptors (Lipinski definition) is 8. The van der Waals surface area contributed by atoms with E-state index >= 15 is 0 Å². The SMILES string of the molecule is CC[C@@H](Nc1cnc(C(N)=O)c(N/C(C=N)=C/NCC2CC2)n1)C(N)=O. The van der Waals surface area contributed by atoms with Crippen molar-refractivity contribution in [3.05, 3.63) is 23.8 Å². The monoisotopic (exact) mass is 360 g/mol. The van der Waals surface area contributed by atoms with Gasteiger partial charge in [-0.15, -0.1) is 0 Å². The van der Waals surface area contributed by atoms with Crippen molar-refractivity contribution in [2.24, 2.45) is 17.4 Å². The molecular weight excluding hydrogens is 336 g/mol. The second-order valence-electron chi connectivity index (χ2n) is 6.04. The number of allylic oxidation sites excluding steroid dienone is 1. The smallest absolute Gasteiger partial charge is 0.271 e. The number of carbonyl (C=O) groups excluding carboxylic acids is 2. The molecule has 26 heavy (non-hydrogen) atoms. The summed E-state index contributed by atoms with van der Waals surface area (Å²) in [5, 5.41) is 16.3. The molecule has 1 aliphatic rings. The summed E-state index contributed by atoms with van der Waals surface area (Å²) in [5.74, 6) is -0.259. The van der Waals surface area contributed by atoms with E-state index in [9.17, 15) is 9.59 Å². The number of carbonyl (C=O) groups is 2. The average molecular weight is 360 g/mol. The van der Waals surface area contributed by atoms with Crippen LogP contribution >= 0.6 is 0 Å². The number of aromatic nitrogens is 2. The van der Waals surface area contributed by atoms with Gasteiger partial charge in [0, 0.05) is 19.0 Å². The second kappa shape index (κ2) is 8.79. The molecule has 1 aliphatic carbocycles. The predicted molar refractivity (Wildman–Crippen MR) is 98.7 cm³/mol. The van der Waals surface area contributed by atoms with Crippen LogP contribution in [0.25, 0.3) is 0 Å². The Morgan fingerprint density at radius 2 is 2.15 bits per heavy atom. The van der Waals surface area contributed by atoms with Crippen LogP contribution in [0.2, 0.25) is 0 Å². The van der Waals surface area contributed by atoms with E-state index in [4.69, 9.17) is 16.9 Å². The van der Waals surface area contributed by atoms with Gasteiger partial charge in [-0.05, 0) is 25.2 Å². The minimum atomic E-state index is -0.760. The minimum Gasteiger partial charge on any atom is -0.389 e. The highest BCUT2D eigenvalue weighted by molar-refractivity contribution is 5.97. The topological polar surface area (TPSA) is 172 Å². The van der Waals surface area contributed by atoms with Crippen LogP contribution in [0.15, 0.2) is 18.1 Å². The van der Waals surface area contributed by atoms with Gasteiger partial charge in [0.25, 0.3) is 5.91 Å². The van der Waals surface area contributed by atoms with Crippen LogP contribution in [0.4, 0.5) is 11.6 Å². The summed E-state index contributed by atoms with van der Waals surface area (Å²) in [6, 6.07) is -0.616. The third-order valence-electron chi connectivity index (χ3n) is 3.86. The summed E-state index contributed by atoms with van der Waals surface area (Å²) in [5.41, 5.74) is 11.0. The second-order valence-corrected chi connectivity index (χ2v) is 6.04. The van der Waals surface area contributed by atoms with Crippen LogP contribution in [0, 0.1) is 11.3 Å². The van der Waals surface area contributed by atoms with Crippen molar-refractivity contribution in [3.8, 4) is 0 Å². The zero-order chi connectivity index (χ0) is 19.1. The van der Waals surface area contributed by atoms with Gasteiger partial charge < -0.3 is 32.8 Å². The van der Waals surface area contributed by atoms with E-state index in [1.165, 1.54) is 19.0 Å². The van der Waals surface area contributed by atoms with E-state index in [2.05, 4.69) is 25.9 Å². The predicted octanol–water partition coefficient (Wildman–Crippen LogP) is 0.154. The first kappa shape index (κ1) is 19.2. The van der Waals surface area contributed by atoms with Crippen molar-refractivity contribution in [1.29, 1.82) is 5.41 Å². The standard InChI is InChI=1S/C16H24N8O2/c1-2-11(14(18)25)23-12-8-21-13(15(19)26)16(24-12)22-10(5-17)7-20-6-9-3-4-9/h5,7-9,11,17,20H,2-4,6H2,1H3,(H2,18,25)(H2,19,26)(H2,22,23,24)/b10-7+,17-5?/t11-/m1/s1. The Kier molecular flexibility index (Phi) is 6.48. The van der Waals surface area contributed by atoms with Gasteiger partial charge in [-0.2, -0.15) is 0 Å². The molecule has 10 heteroatoms. The molecule has 0 aromatic carbocycles. The maximum Gasteiger partial charge on any atom is 0.271 e. The number of nitrogens with one attached hydrogen (secondary N) is 4. The molecule has 0 radical (unpaired) electrons. The van der Waals surface area contributed by atoms with E-state index in [1.807, 2.05) is 0 Å². The maximum atomic E-state index is 11.6. The van der Waals surface area contributed by atoms with Gasteiger partial charge >= 0.3 is 0 Å². The molecule has 140 valence electrons. The molecule has 8 N–H and O–H groups in total. The molecule has 2 amide bonds. The Balaban J connectivity index is 2.19. The highest BCUT2D eigenvalue weighted by Gasteiger charge is 2.20. The number of hydrogen-bond donors (Lipinski definition) is 6. The van der Waals surface area contributed by atoms with Crippen molar-refractivity contribution in [1.82, 2.24) is 15.3 Å². The zero-order valence-electron chi connectivity index (χ0n) is 14.6. The average Bonchev–Trinajstić information content (AvgIpc) is 3.42. The maximum absolute atomic E-state index is 11.6. The number of primary amides is 2. The van der Waals surface area contributed by atoms with Crippen LogP contribution in [-0.4, -0.2) is 40.6 Å². The normalized spacial score (nSPS) is 15.0. The molecule has 0 unspecified atom stereocenters. The minimum absolute atomic E-state index is 0.0717. The fourth-order valence-electron chi connectivity index (χ4n) is 2.19. The Bertz CT molecular complexity index is 714. The molecule has 2 rings (SSSR count). The van der Waals surface area contributed by atoms with Crippen LogP contribution in [-0.2, 0) is 4.79 Å². The first-order chi connectivity index (χ1) is 12.4. The molecule has 1 saturated carbocycles. The van der Waals surface area contributed by atoms with Crippen LogP contribution in [0.5, 0.6) is 0 Å². The lowest BCUT2D eigenvalue weighted by atomic mass is 10.2. The lowest BCUT2D eigenvalue weighted by molar-refractivity contribution is -0.118. The molecule has 0 saturated heterocycles. The van der Waals surface area contributed by atoms with Crippen LogP contribution in [0.1, 0.15) is 36.7 Å². The fraction of sp³-hybridized carbons (Fsp3) is 0.438. The summed E-state index contributed by atoms with van der Waals surface area (Å²) in [6.45, 7) is 2.62. The van der Waals surface area contributed by atoms with Crippen LogP contribution in [0.3, 0.4) is 0 Å². The molecule has 1 aromatic heterocycles. The first-order valence-electron chi connectivity index (χ1n) is 8.38. The van der Waals surface area contributed by atoms with E-state index in [0.29, 0.717) is 18.0 Å². The van der Waals surface area contributed by atoms with E-state index in [0.717, 1.165) is 12.8 Å². The van der Waals surface area contributed by atoms with E-state index in [1.54, 1.807) is 13.1 Å². The van der Waals surface area contributed by atoms with Gasteiger partial charge in [0.2, 0.25) is 5.91 Å². The molecular formula is C16H24N8O2.